The number of hydrogen-bond acceptors (Lipinski definition) is 2. The molecule has 0 radical (unpaired) electrons. The lowest BCUT2D eigenvalue weighted by molar-refractivity contribution is 1.22. The molecule has 0 heterocycles. The van der Waals surface area contributed by atoms with E-state index in [-0.39, 0.29) is 0 Å². The standard InChI is InChI=1S/C34H31ClN2/c1-24-8-16-28(17-9-24)36(29-18-10-25(2)11-19-29)33-7-5-6-32(35)34(33)37(30-20-12-26(3)13-21-30)31-22-14-27(4)15-23-31/h5-23H,1-4H3. The van der Waals surface area contributed by atoms with Crippen LogP contribution in [-0.2, 0) is 0 Å². The zero-order valence-corrected chi connectivity index (χ0v) is 22.5. The van der Waals surface area contributed by atoms with E-state index in [1.165, 1.54) is 22.3 Å². The van der Waals surface area contributed by atoms with Crippen molar-refractivity contribution in [1.29, 1.82) is 0 Å². The first-order valence-corrected chi connectivity index (χ1v) is 12.9. The zero-order chi connectivity index (χ0) is 25.9. The molecule has 184 valence electrons. The molecule has 2 nitrogen and oxygen atoms in total. The van der Waals surface area contributed by atoms with Crippen molar-refractivity contribution in [2.75, 3.05) is 9.80 Å². The summed E-state index contributed by atoms with van der Waals surface area (Å²) in [6.07, 6.45) is 0. The van der Waals surface area contributed by atoms with Crippen LogP contribution in [0.4, 0.5) is 34.1 Å². The van der Waals surface area contributed by atoms with Gasteiger partial charge in [-0.1, -0.05) is 88.5 Å². The molecule has 0 saturated heterocycles. The first kappa shape index (κ1) is 24.7. The van der Waals surface area contributed by atoms with Crippen LogP contribution in [0.2, 0.25) is 5.02 Å². The summed E-state index contributed by atoms with van der Waals surface area (Å²) in [5.74, 6) is 0. The Balaban J connectivity index is 1.78. The number of halogens is 1. The second-order valence-corrected chi connectivity index (χ2v) is 10.0. The molecule has 0 aliphatic heterocycles. The fourth-order valence-corrected chi connectivity index (χ4v) is 4.77. The molecule has 0 bridgehead atoms. The first-order valence-electron chi connectivity index (χ1n) is 12.6. The van der Waals surface area contributed by atoms with Gasteiger partial charge >= 0.3 is 0 Å². The Labute approximate surface area is 225 Å². The fraction of sp³-hybridized carbons (Fsp3) is 0.118. The van der Waals surface area contributed by atoms with E-state index in [2.05, 4.69) is 141 Å². The summed E-state index contributed by atoms with van der Waals surface area (Å²) < 4.78 is 0. The highest BCUT2D eigenvalue weighted by molar-refractivity contribution is 6.34. The predicted octanol–water partition coefficient (Wildman–Crippen LogP) is 10.5. The number of para-hydroxylation sites is 1. The first-order chi connectivity index (χ1) is 17.9. The van der Waals surface area contributed by atoms with Crippen LogP contribution in [0, 0.1) is 27.7 Å². The number of hydrogen-bond donors (Lipinski definition) is 0. The molecule has 0 aliphatic rings. The van der Waals surface area contributed by atoms with E-state index in [1.807, 2.05) is 12.1 Å². The molecule has 5 aromatic carbocycles. The van der Waals surface area contributed by atoms with Crippen molar-refractivity contribution in [1.82, 2.24) is 0 Å². The van der Waals surface area contributed by atoms with Crippen molar-refractivity contribution in [2.45, 2.75) is 27.7 Å². The highest BCUT2D eigenvalue weighted by Crippen LogP contribution is 2.48. The van der Waals surface area contributed by atoms with Crippen molar-refractivity contribution >= 4 is 45.7 Å². The molecule has 0 amide bonds. The Morgan fingerprint density at radius 2 is 0.730 bits per heavy atom. The third-order valence-electron chi connectivity index (χ3n) is 6.60. The number of rotatable bonds is 6. The van der Waals surface area contributed by atoms with Gasteiger partial charge in [0.25, 0.3) is 0 Å². The van der Waals surface area contributed by atoms with Crippen LogP contribution in [0.5, 0.6) is 0 Å². The number of nitrogens with zero attached hydrogens (tertiary/aromatic N) is 2. The smallest absolute Gasteiger partial charge is 0.0890 e. The van der Waals surface area contributed by atoms with Crippen molar-refractivity contribution < 1.29 is 0 Å². The summed E-state index contributed by atoms with van der Waals surface area (Å²) in [4.78, 5) is 4.54. The van der Waals surface area contributed by atoms with Crippen LogP contribution >= 0.6 is 11.6 Å². The Bertz CT molecular complexity index is 1400. The highest BCUT2D eigenvalue weighted by Gasteiger charge is 2.24. The van der Waals surface area contributed by atoms with E-state index in [0.29, 0.717) is 5.02 Å². The summed E-state index contributed by atoms with van der Waals surface area (Å²) in [5, 5.41) is 0.683. The fourth-order valence-electron chi connectivity index (χ4n) is 4.52. The molecule has 0 spiro atoms. The van der Waals surface area contributed by atoms with Gasteiger partial charge in [-0.3, -0.25) is 0 Å². The maximum absolute atomic E-state index is 7.09. The maximum Gasteiger partial charge on any atom is 0.0890 e. The second-order valence-electron chi connectivity index (χ2n) is 9.62. The van der Waals surface area contributed by atoms with E-state index < -0.39 is 0 Å². The Morgan fingerprint density at radius 3 is 1.08 bits per heavy atom. The van der Waals surface area contributed by atoms with Crippen molar-refractivity contribution in [3.8, 4) is 0 Å². The molecule has 0 atom stereocenters. The number of aryl methyl sites for hydroxylation is 4. The molecule has 0 unspecified atom stereocenters. The minimum Gasteiger partial charge on any atom is -0.308 e. The van der Waals surface area contributed by atoms with Gasteiger partial charge in [0.05, 0.1) is 16.4 Å². The van der Waals surface area contributed by atoms with Crippen LogP contribution < -0.4 is 9.80 Å². The van der Waals surface area contributed by atoms with E-state index in [0.717, 1.165) is 34.1 Å². The van der Waals surface area contributed by atoms with Crippen LogP contribution in [0.25, 0.3) is 0 Å². The number of anilines is 6. The minimum atomic E-state index is 0.683. The maximum atomic E-state index is 7.09. The van der Waals surface area contributed by atoms with Gasteiger partial charge < -0.3 is 9.80 Å². The average molecular weight is 503 g/mol. The molecule has 0 aromatic heterocycles. The van der Waals surface area contributed by atoms with Crippen LogP contribution in [0.15, 0.2) is 115 Å². The predicted molar refractivity (Wildman–Crippen MR) is 160 cm³/mol. The Kier molecular flexibility index (Phi) is 7.03. The highest BCUT2D eigenvalue weighted by atomic mass is 35.5. The lowest BCUT2D eigenvalue weighted by Gasteiger charge is -2.34. The second kappa shape index (κ2) is 10.5. The van der Waals surface area contributed by atoms with Gasteiger partial charge in [-0.15, -0.1) is 0 Å². The topological polar surface area (TPSA) is 6.48 Å². The van der Waals surface area contributed by atoms with Gasteiger partial charge in [0.15, 0.2) is 0 Å². The summed E-state index contributed by atoms with van der Waals surface area (Å²) in [6, 6.07) is 40.6. The summed E-state index contributed by atoms with van der Waals surface area (Å²) >= 11 is 7.09. The monoisotopic (exact) mass is 502 g/mol. The van der Waals surface area contributed by atoms with Gasteiger partial charge in [-0.2, -0.15) is 0 Å². The molecule has 0 saturated carbocycles. The SMILES string of the molecule is Cc1ccc(N(c2ccc(C)cc2)c2cccc(Cl)c2N(c2ccc(C)cc2)c2ccc(C)cc2)cc1. The van der Waals surface area contributed by atoms with E-state index in [1.54, 1.807) is 0 Å². The van der Waals surface area contributed by atoms with E-state index in [9.17, 15) is 0 Å². The van der Waals surface area contributed by atoms with Crippen molar-refractivity contribution in [2.24, 2.45) is 0 Å². The van der Waals surface area contributed by atoms with Gasteiger partial charge in [-0.25, -0.2) is 0 Å². The van der Waals surface area contributed by atoms with Gasteiger partial charge in [-0.05, 0) is 88.4 Å². The summed E-state index contributed by atoms with van der Waals surface area (Å²) in [5.41, 5.74) is 11.1. The zero-order valence-electron chi connectivity index (χ0n) is 21.7. The lowest BCUT2D eigenvalue weighted by Crippen LogP contribution is -2.17. The van der Waals surface area contributed by atoms with Crippen molar-refractivity contribution in [3.05, 3.63) is 143 Å². The largest absolute Gasteiger partial charge is 0.308 e. The third kappa shape index (κ3) is 5.26. The molecule has 0 fully saturated rings. The molecular weight excluding hydrogens is 472 g/mol. The van der Waals surface area contributed by atoms with Gasteiger partial charge in [0, 0.05) is 22.7 Å². The van der Waals surface area contributed by atoms with Crippen LogP contribution in [0.3, 0.4) is 0 Å². The quantitative estimate of drug-likeness (QED) is 0.228. The van der Waals surface area contributed by atoms with Gasteiger partial charge in [0.1, 0.15) is 0 Å². The molecular formula is C34H31ClN2. The van der Waals surface area contributed by atoms with Crippen LogP contribution in [0.1, 0.15) is 22.3 Å². The molecule has 3 heteroatoms. The van der Waals surface area contributed by atoms with Crippen molar-refractivity contribution in [3.63, 3.8) is 0 Å². The molecule has 37 heavy (non-hydrogen) atoms. The van der Waals surface area contributed by atoms with E-state index in [4.69, 9.17) is 11.6 Å². The normalized spacial score (nSPS) is 10.8. The Morgan fingerprint density at radius 1 is 0.405 bits per heavy atom. The molecule has 5 aromatic rings. The third-order valence-corrected chi connectivity index (χ3v) is 6.90. The summed E-state index contributed by atoms with van der Waals surface area (Å²) in [7, 11) is 0. The minimum absolute atomic E-state index is 0.683. The summed E-state index contributed by atoms with van der Waals surface area (Å²) in [6.45, 7) is 8.44. The Hall–Kier alpha value is -4.01. The van der Waals surface area contributed by atoms with E-state index >= 15 is 0 Å². The average Bonchev–Trinajstić information content (AvgIpc) is 2.90. The van der Waals surface area contributed by atoms with Crippen LogP contribution in [-0.4, -0.2) is 0 Å². The number of benzene rings is 5. The molecule has 0 N–H and O–H groups in total. The molecule has 0 aliphatic carbocycles. The molecule has 5 rings (SSSR count). The lowest BCUT2D eigenvalue weighted by atomic mass is 10.1. The van der Waals surface area contributed by atoms with Gasteiger partial charge in [0.2, 0.25) is 0 Å².